The zero-order valence-electron chi connectivity index (χ0n) is 21.2. The molecule has 0 fully saturated rings. The number of ether oxygens (including phenoxy) is 1. The molecule has 186 valence electrons. The summed E-state index contributed by atoms with van der Waals surface area (Å²) >= 11 is 0. The number of aryl methyl sites for hydroxylation is 1. The van der Waals surface area contributed by atoms with E-state index in [-0.39, 0.29) is 18.5 Å². The van der Waals surface area contributed by atoms with E-state index in [0.29, 0.717) is 17.2 Å². The average molecular weight is 495 g/mol. The fourth-order valence-electron chi connectivity index (χ4n) is 4.09. The van der Waals surface area contributed by atoms with E-state index in [9.17, 15) is 13.2 Å². The molecule has 0 saturated heterocycles. The van der Waals surface area contributed by atoms with E-state index in [1.165, 1.54) is 10.6 Å². The van der Waals surface area contributed by atoms with Crippen molar-refractivity contribution in [3.63, 3.8) is 0 Å². The largest absolute Gasteiger partial charge is 0.496 e. The zero-order chi connectivity index (χ0) is 25.8. The lowest BCUT2D eigenvalue weighted by atomic mass is 9.93. The molecular weight excluding hydrogens is 460 g/mol. The van der Waals surface area contributed by atoms with E-state index in [4.69, 9.17) is 4.74 Å². The molecule has 3 aromatic carbocycles. The van der Waals surface area contributed by atoms with Crippen LogP contribution in [-0.2, 0) is 16.6 Å². The van der Waals surface area contributed by atoms with Gasteiger partial charge in [0.2, 0.25) is 10.0 Å². The normalized spacial score (nSPS) is 12.3. The number of sulfonamides is 1. The van der Waals surface area contributed by atoms with Gasteiger partial charge < -0.3 is 10.1 Å². The third-order valence-corrected chi connectivity index (χ3v) is 7.18. The maximum Gasteiger partial charge on any atom is 0.251 e. The van der Waals surface area contributed by atoms with Crippen LogP contribution in [0.2, 0.25) is 0 Å². The topological polar surface area (TPSA) is 75.7 Å². The van der Waals surface area contributed by atoms with Crippen molar-refractivity contribution in [2.24, 2.45) is 0 Å². The predicted molar refractivity (Wildman–Crippen MR) is 142 cm³/mol. The Bertz CT molecular complexity index is 1270. The highest BCUT2D eigenvalue weighted by Crippen LogP contribution is 2.32. The molecule has 1 N–H and O–H groups in total. The minimum Gasteiger partial charge on any atom is -0.496 e. The van der Waals surface area contributed by atoms with Crippen molar-refractivity contribution in [3.05, 3.63) is 94.5 Å². The van der Waals surface area contributed by atoms with Crippen LogP contribution in [0.4, 0.5) is 5.69 Å². The second-order valence-electron chi connectivity index (χ2n) is 9.10. The summed E-state index contributed by atoms with van der Waals surface area (Å²) in [7, 11) is -1.79. The fraction of sp³-hybridized carbons (Fsp3) is 0.321. The third kappa shape index (κ3) is 6.42. The molecule has 0 spiro atoms. The molecule has 0 unspecified atom stereocenters. The number of amides is 1. The number of carbonyl (C=O) groups excluding carboxylic acids is 1. The van der Waals surface area contributed by atoms with E-state index in [1.807, 2.05) is 26.0 Å². The number of para-hydroxylation sites is 1. The van der Waals surface area contributed by atoms with Gasteiger partial charge in [0.05, 0.1) is 31.6 Å². The highest BCUT2D eigenvalue weighted by atomic mass is 32.2. The van der Waals surface area contributed by atoms with Crippen LogP contribution in [0.3, 0.4) is 0 Å². The predicted octanol–water partition coefficient (Wildman–Crippen LogP) is 5.58. The minimum atomic E-state index is -3.46. The Morgan fingerprint density at radius 2 is 1.60 bits per heavy atom. The summed E-state index contributed by atoms with van der Waals surface area (Å²) in [6, 6.07) is 19.9. The lowest BCUT2D eigenvalue weighted by Gasteiger charge is -2.23. The summed E-state index contributed by atoms with van der Waals surface area (Å²) in [6.07, 6.45) is 1.19. The highest BCUT2D eigenvalue weighted by molar-refractivity contribution is 7.92. The molecule has 1 amide bonds. The molecule has 7 heteroatoms. The number of methoxy groups -OCH3 is 1. The van der Waals surface area contributed by atoms with Gasteiger partial charge in [-0.25, -0.2) is 8.42 Å². The second kappa shape index (κ2) is 11.0. The lowest BCUT2D eigenvalue weighted by molar-refractivity contribution is 0.0940. The fourth-order valence-corrected chi connectivity index (χ4v) is 4.98. The Kier molecular flexibility index (Phi) is 8.22. The summed E-state index contributed by atoms with van der Waals surface area (Å²) in [4.78, 5) is 13.0. The van der Waals surface area contributed by atoms with E-state index < -0.39 is 10.0 Å². The summed E-state index contributed by atoms with van der Waals surface area (Å²) in [5, 5.41) is 3.08. The first-order valence-electron chi connectivity index (χ1n) is 11.6. The molecule has 6 nitrogen and oxygen atoms in total. The van der Waals surface area contributed by atoms with Gasteiger partial charge in [0.15, 0.2) is 0 Å². The van der Waals surface area contributed by atoms with Gasteiger partial charge in [0.25, 0.3) is 5.91 Å². The highest BCUT2D eigenvalue weighted by Gasteiger charge is 2.19. The number of carbonyl (C=O) groups is 1. The van der Waals surface area contributed by atoms with Crippen molar-refractivity contribution >= 4 is 21.6 Å². The molecule has 0 saturated carbocycles. The molecule has 0 bridgehead atoms. The van der Waals surface area contributed by atoms with Gasteiger partial charge in [-0.1, -0.05) is 44.2 Å². The number of benzene rings is 3. The Balaban J connectivity index is 1.75. The zero-order valence-corrected chi connectivity index (χ0v) is 22.0. The van der Waals surface area contributed by atoms with Crippen molar-refractivity contribution in [2.45, 2.75) is 46.2 Å². The molecule has 0 heterocycles. The number of anilines is 1. The van der Waals surface area contributed by atoms with E-state index in [1.54, 1.807) is 55.6 Å². The summed E-state index contributed by atoms with van der Waals surface area (Å²) in [5.41, 5.74) is 5.11. The SMILES string of the molecule is COc1cc(C)c([C@@H](C)NC(=O)c2ccc(CN(c3ccccc3)S(C)(=O)=O)cc2)cc1C(C)C. The summed E-state index contributed by atoms with van der Waals surface area (Å²) < 4.78 is 31.6. The Morgan fingerprint density at radius 1 is 0.971 bits per heavy atom. The van der Waals surface area contributed by atoms with Crippen LogP contribution in [-0.4, -0.2) is 27.7 Å². The van der Waals surface area contributed by atoms with Crippen LogP contribution < -0.4 is 14.4 Å². The van der Waals surface area contributed by atoms with Gasteiger partial charge in [-0.15, -0.1) is 0 Å². The smallest absolute Gasteiger partial charge is 0.251 e. The molecule has 35 heavy (non-hydrogen) atoms. The maximum atomic E-state index is 13.0. The number of hydrogen-bond donors (Lipinski definition) is 1. The summed E-state index contributed by atoms with van der Waals surface area (Å²) in [5.74, 6) is 0.963. The van der Waals surface area contributed by atoms with Crippen molar-refractivity contribution in [2.75, 3.05) is 17.7 Å². The van der Waals surface area contributed by atoms with Crippen LogP contribution in [0.15, 0.2) is 66.7 Å². The van der Waals surface area contributed by atoms with Crippen LogP contribution in [0.1, 0.15) is 65.3 Å². The van der Waals surface area contributed by atoms with Crippen molar-refractivity contribution in [1.29, 1.82) is 0 Å². The molecule has 1 atom stereocenters. The molecule has 0 radical (unpaired) electrons. The van der Waals surface area contributed by atoms with E-state index >= 15 is 0 Å². The van der Waals surface area contributed by atoms with Crippen molar-refractivity contribution in [1.82, 2.24) is 5.32 Å². The standard InChI is InChI=1S/C28H34N2O4S/c1-19(2)25-17-26(20(3)16-27(25)34-5)21(4)29-28(31)23-14-12-22(13-15-23)18-30(35(6,32)33)24-10-8-7-9-11-24/h7-17,19,21H,18H2,1-6H3,(H,29,31)/t21-/m1/s1. The second-order valence-corrected chi connectivity index (χ2v) is 11.0. The van der Waals surface area contributed by atoms with Gasteiger partial charge in [0.1, 0.15) is 5.75 Å². The molecule has 3 rings (SSSR count). The number of nitrogens with one attached hydrogen (secondary N) is 1. The average Bonchev–Trinajstić information content (AvgIpc) is 2.82. The monoisotopic (exact) mass is 494 g/mol. The van der Waals surface area contributed by atoms with E-state index in [0.717, 1.165) is 28.0 Å². The molecule has 0 aliphatic heterocycles. The first kappa shape index (κ1) is 26.3. The summed E-state index contributed by atoms with van der Waals surface area (Å²) in [6.45, 7) is 8.40. The first-order chi connectivity index (χ1) is 16.5. The van der Waals surface area contributed by atoms with E-state index in [2.05, 4.69) is 25.2 Å². The third-order valence-electron chi connectivity index (χ3n) is 6.04. The van der Waals surface area contributed by atoms with Crippen LogP contribution in [0.25, 0.3) is 0 Å². The molecule has 3 aromatic rings. The Hall–Kier alpha value is -3.32. The first-order valence-corrected chi connectivity index (χ1v) is 13.5. The lowest BCUT2D eigenvalue weighted by Crippen LogP contribution is -2.29. The van der Waals surface area contributed by atoms with Gasteiger partial charge >= 0.3 is 0 Å². The van der Waals surface area contributed by atoms with Gasteiger partial charge in [-0.05, 0) is 78.4 Å². The molecule has 0 aromatic heterocycles. The maximum absolute atomic E-state index is 13.0. The van der Waals surface area contributed by atoms with Crippen molar-refractivity contribution in [3.8, 4) is 5.75 Å². The number of hydrogen-bond acceptors (Lipinski definition) is 4. The minimum absolute atomic E-state index is 0.185. The number of nitrogens with zero attached hydrogens (tertiary/aromatic N) is 1. The van der Waals surface area contributed by atoms with Gasteiger partial charge in [0, 0.05) is 5.56 Å². The van der Waals surface area contributed by atoms with Gasteiger partial charge in [-0.2, -0.15) is 0 Å². The van der Waals surface area contributed by atoms with Crippen LogP contribution >= 0.6 is 0 Å². The Labute approximate surface area is 209 Å². The van der Waals surface area contributed by atoms with Crippen molar-refractivity contribution < 1.29 is 17.9 Å². The molecule has 0 aliphatic carbocycles. The number of rotatable bonds is 9. The van der Waals surface area contributed by atoms with Gasteiger partial charge in [-0.3, -0.25) is 9.10 Å². The van der Waals surface area contributed by atoms with Crippen LogP contribution in [0, 0.1) is 6.92 Å². The quantitative estimate of drug-likeness (QED) is 0.421. The Morgan fingerprint density at radius 3 is 2.14 bits per heavy atom. The molecule has 0 aliphatic rings. The molecular formula is C28H34N2O4S. The van der Waals surface area contributed by atoms with Crippen LogP contribution in [0.5, 0.6) is 5.75 Å².